The van der Waals surface area contributed by atoms with Gasteiger partial charge in [-0.3, -0.25) is 0 Å². The van der Waals surface area contributed by atoms with E-state index in [9.17, 15) is 0 Å². The summed E-state index contributed by atoms with van der Waals surface area (Å²) in [5, 5.41) is 13.1. The molecule has 1 aliphatic rings. The fourth-order valence-electron chi connectivity index (χ4n) is 2.97. The molecule has 0 amide bonds. The highest BCUT2D eigenvalue weighted by Gasteiger charge is 2.29. The van der Waals surface area contributed by atoms with Gasteiger partial charge in [0, 0.05) is 12.2 Å². The molecule has 20 heavy (non-hydrogen) atoms. The van der Waals surface area contributed by atoms with Crippen molar-refractivity contribution in [3.8, 4) is 0 Å². The number of nitrogens with one attached hydrogen (secondary N) is 1. The lowest BCUT2D eigenvalue weighted by Gasteiger charge is -2.37. The molecular weight excluding hydrogens is 272 g/mol. The first-order valence-corrected chi connectivity index (χ1v) is 7.79. The zero-order chi connectivity index (χ0) is 14.8. The molecule has 3 nitrogen and oxygen atoms in total. The number of hydrogen-bond acceptors (Lipinski definition) is 3. The van der Waals surface area contributed by atoms with Gasteiger partial charge >= 0.3 is 0 Å². The van der Waals surface area contributed by atoms with Crippen LogP contribution in [0.4, 0.5) is 5.82 Å². The Morgan fingerprint density at radius 1 is 1.30 bits per heavy atom. The van der Waals surface area contributed by atoms with E-state index in [1.807, 2.05) is 0 Å². The third-order valence-corrected chi connectivity index (χ3v) is 4.66. The van der Waals surface area contributed by atoms with Crippen molar-refractivity contribution in [1.29, 1.82) is 0 Å². The van der Waals surface area contributed by atoms with Gasteiger partial charge in [0.05, 0.1) is 11.6 Å². The van der Waals surface area contributed by atoms with Crippen LogP contribution in [-0.4, -0.2) is 16.1 Å². The van der Waals surface area contributed by atoms with Crippen LogP contribution in [0.3, 0.4) is 0 Å². The summed E-state index contributed by atoms with van der Waals surface area (Å²) >= 11 is 6.19. The summed E-state index contributed by atoms with van der Waals surface area (Å²) in [5.41, 5.74) is 1.15. The van der Waals surface area contributed by atoms with Crippen LogP contribution in [-0.2, 0) is 6.61 Å². The molecule has 2 N–H and O–H groups in total. The minimum Gasteiger partial charge on any atom is -0.392 e. The lowest BCUT2D eigenvalue weighted by molar-refractivity contribution is 0.173. The van der Waals surface area contributed by atoms with Crippen molar-refractivity contribution >= 4 is 17.4 Å². The van der Waals surface area contributed by atoms with Gasteiger partial charge in [-0.05, 0) is 48.6 Å². The second-order valence-corrected chi connectivity index (χ2v) is 7.30. The Hall–Kier alpha value is -0.800. The number of anilines is 1. The number of nitrogens with zero attached hydrogens (tertiary/aromatic N) is 1. The Balaban J connectivity index is 1.93. The van der Waals surface area contributed by atoms with Crippen molar-refractivity contribution in [2.45, 2.75) is 59.1 Å². The van der Waals surface area contributed by atoms with Crippen molar-refractivity contribution in [3.63, 3.8) is 0 Å². The number of aliphatic hydroxyl groups excluding tert-OH is 1. The van der Waals surface area contributed by atoms with E-state index in [1.54, 1.807) is 12.3 Å². The lowest BCUT2D eigenvalue weighted by atomic mass is 9.71. The van der Waals surface area contributed by atoms with Crippen molar-refractivity contribution in [1.82, 2.24) is 4.98 Å². The molecule has 2 rings (SSSR count). The third-order valence-electron chi connectivity index (χ3n) is 4.37. The van der Waals surface area contributed by atoms with Crippen molar-refractivity contribution < 1.29 is 5.11 Å². The number of halogens is 1. The van der Waals surface area contributed by atoms with E-state index in [4.69, 9.17) is 16.7 Å². The average Bonchev–Trinajstić information content (AvgIpc) is 2.40. The highest BCUT2D eigenvalue weighted by molar-refractivity contribution is 6.32. The molecule has 1 aromatic heterocycles. The van der Waals surface area contributed by atoms with Gasteiger partial charge in [-0.25, -0.2) is 4.98 Å². The van der Waals surface area contributed by atoms with Crippen LogP contribution in [0.1, 0.15) is 52.0 Å². The number of aromatic nitrogens is 1. The summed E-state index contributed by atoms with van der Waals surface area (Å²) < 4.78 is 0. The smallest absolute Gasteiger partial charge is 0.144 e. The van der Waals surface area contributed by atoms with Gasteiger partial charge in [0.1, 0.15) is 5.82 Å². The summed E-state index contributed by atoms with van der Waals surface area (Å²) in [6, 6.07) is 2.23. The van der Waals surface area contributed by atoms with Crippen LogP contribution in [0.15, 0.2) is 12.3 Å². The SMILES string of the molecule is CC(C)(C)C1CCC(Nc2ncc(CO)cc2Cl)CC1. The molecule has 1 fully saturated rings. The average molecular weight is 297 g/mol. The topological polar surface area (TPSA) is 45.2 Å². The molecule has 1 aliphatic carbocycles. The molecule has 0 saturated heterocycles. The summed E-state index contributed by atoms with van der Waals surface area (Å²) in [7, 11) is 0. The fraction of sp³-hybridized carbons (Fsp3) is 0.688. The Morgan fingerprint density at radius 3 is 2.45 bits per heavy atom. The molecule has 0 spiro atoms. The Bertz CT molecular complexity index is 448. The quantitative estimate of drug-likeness (QED) is 0.877. The van der Waals surface area contributed by atoms with Crippen LogP contribution >= 0.6 is 11.6 Å². The number of aliphatic hydroxyl groups is 1. The Kier molecular flexibility index (Phi) is 4.92. The summed E-state index contributed by atoms with van der Waals surface area (Å²) in [5.74, 6) is 1.55. The van der Waals surface area contributed by atoms with Crippen molar-refractivity contribution in [2.75, 3.05) is 5.32 Å². The highest BCUT2D eigenvalue weighted by Crippen LogP contribution is 2.38. The van der Waals surface area contributed by atoms with Crippen LogP contribution in [0.25, 0.3) is 0 Å². The lowest BCUT2D eigenvalue weighted by Crippen LogP contribution is -2.31. The predicted molar refractivity (Wildman–Crippen MR) is 84.0 cm³/mol. The monoisotopic (exact) mass is 296 g/mol. The molecule has 1 heterocycles. The Morgan fingerprint density at radius 2 is 1.95 bits per heavy atom. The maximum absolute atomic E-state index is 9.06. The summed E-state index contributed by atoms with van der Waals surface area (Å²) in [4.78, 5) is 4.31. The molecule has 0 radical (unpaired) electrons. The van der Waals surface area contributed by atoms with Crippen LogP contribution in [0, 0.1) is 11.3 Å². The maximum Gasteiger partial charge on any atom is 0.144 e. The minimum atomic E-state index is -0.0241. The van der Waals surface area contributed by atoms with Crippen LogP contribution in [0.5, 0.6) is 0 Å². The first-order chi connectivity index (χ1) is 9.40. The molecule has 0 unspecified atom stereocenters. The van der Waals surface area contributed by atoms with Gasteiger partial charge in [-0.2, -0.15) is 0 Å². The van der Waals surface area contributed by atoms with E-state index in [1.165, 1.54) is 25.7 Å². The van der Waals surface area contributed by atoms with Crippen LogP contribution in [0.2, 0.25) is 5.02 Å². The normalized spacial score (nSPS) is 23.6. The number of hydrogen-bond donors (Lipinski definition) is 2. The van der Waals surface area contributed by atoms with Gasteiger partial charge in [0.15, 0.2) is 0 Å². The van der Waals surface area contributed by atoms with Gasteiger partial charge in [0.25, 0.3) is 0 Å². The van der Waals surface area contributed by atoms with Crippen molar-refractivity contribution in [3.05, 3.63) is 22.8 Å². The summed E-state index contributed by atoms with van der Waals surface area (Å²) in [6.45, 7) is 6.97. The molecule has 112 valence electrons. The third kappa shape index (κ3) is 3.86. The van der Waals surface area contributed by atoms with E-state index in [0.717, 1.165) is 17.3 Å². The largest absolute Gasteiger partial charge is 0.392 e. The van der Waals surface area contributed by atoms with E-state index in [2.05, 4.69) is 31.1 Å². The molecule has 1 aromatic rings. The first-order valence-electron chi connectivity index (χ1n) is 7.42. The first kappa shape index (κ1) is 15.6. The molecule has 0 aliphatic heterocycles. The van der Waals surface area contributed by atoms with Crippen molar-refractivity contribution in [2.24, 2.45) is 11.3 Å². The molecule has 0 aromatic carbocycles. The maximum atomic E-state index is 9.06. The van der Waals surface area contributed by atoms with Gasteiger partial charge in [-0.1, -0.05) is 32.4 Å². The van der Waals surface area contributed by atoms with E-state index >= 15 is 0 Å². The van der Waals surface area contributed by atoms with Gasteiger partial charge < -0.3 is 10.4 Å². The standard InChI is InChI=1S/C16H25ClN2O/c1-16(2,3)12-4-6-13(7-5-12)19-15-14(17)8-11(10-20)9-18-15/h8-9,12-13,20H,4-7,10H2,1-3H3,(H,18,19). The second-order valence-electron chi connectivity index (χ2n) is 6.89. The number of rotatable bonds is 3. The molecular formula is C16H25ClN2O. The van der Waals surface area contributed by atoms with Crippen LogP contribution < -0.4 is 5.32 Å². The predicted octanol–water partition coefficient (Wildman–Crippen LogP) is 4.24. The zero-order valence-corrected chi connectivity index (χ0v) is 13.4. The number of pyridine rings is 1. The minimum absolute atomic E-state index is 0.0241. The van der Waals surface area contributed by atoms with E-state index < -0.39 is 0 Å². The summed E-state index contributed by atoms with van der Waals surface area (Å²) in [6.07, 6.45) is 6.53. The molecule has 1 saturated carbocycles. The second kappa shape index (κ2) is 6.31. The van der Waals surface area contributed by atoms with Gasteiger partial charge in [0.2, 0.25) is 0 Å². The molecule has 0 bridgehead atoms. The Labute approximate surface area is 126 Å². The fourth-order valence-corrected chi connectivity index (χ4v) is 3.21. The highest BCUT2D eigenvalue weighted by atomic mass is 35.5. The van der Waals surface area contributed by atoms with E-state index in [-0.39, 0.29) is 6.61 Å². The zero-order valence-electron chi connectivity index (χ0n) is 12.6. The molecule has 0 atom stereocenters. The molecule has 4 heteroatoms. The van der Waals surface area contributed by atoms with E-state index in [0.29, 0.717) is 16.5 Å². The van der Waals surface area contributed by atoms with Gasteiger partial charge in [-0.15, -0.1) is 0 Å².